The lowest BCUT2D eigenvalue weighted by molar-refractivity contribution is -0.0627. The van der Waals surface area contributed by atoms with Crippen LogP contribution in [-0.2, 0) is 17.7 Å². The van der Waals surface area contributed by atoms with Crippen molar-refractivity contribution in [2.75, 3.05) is 44.2 Å². The van der Waals surface area contributed by atoms with Crippen molar-refractivity contribution in [3.05, 3.63) is 87.6 Å². The van der Waals surface area contributed by atoms with Crippen LogP contribution in [0.2, 0.25) is 5.02 Å². The molecule has 1 aromatic carbocycles. The van der Waals surface area contributed by atoms with Crippen LogP contribution in [0.1, 0.15) is 18.4 Å². The predicted molar refractivity (Wildman–Crippen MR) is 139 cm³/mol. The monoisotopic (exact) mass is 497 g/mol. The summed E-state index contributed by atoms with van der Waals surface area (Å²) in [6.45, 7) is 5.90. The number of anilines is 1. The third-order valence-corrected chi connectivity index (χ3v) is 7.76. The fourth-order valence-electron chi connectivity index (χ4n) is 5.30. The Morgan fingerprint density at radius 3 is 2.54 bits per heavy atom. The highest BCUT2D eigenvalue weighted by Crippen LogP contribution is 2.30. The first-order valence-electron chi connectivity index (χ1n) is 12.6. The number of rotatable bonds is 8. The number of halogens is 2. The normalized spacial score (nSPS) is 24.5. The minimum Gasteiger partial charge on any atom is -0.378 e. The summed E-state index contributed by atoms with van der Waals surface area (Å²) in [6.07, 6.45) is 14.0. The largest absolute Gasteiger partial charge is 0.378 e. The third kappa shape index (κ3) is 5.88. The Hall–Kier alpha value is -2.41. The van der Waals surface area contributed by atoms with Crippen LogP contribution >= 0.6 is 11.6 Å². The van der Waals surface area contributed by atoms with Crippen LogP contribution < -0.4 is 10.5 Å². The number of aromatic nitrogens is 1. The van der Waals surface area contributed by atoms with Gasteiger partial charge >= 0.3 is 0 Å². The van der Waals surface area contributed by atoms with Gasteiger partial charge < -0.3 is 14.2 Å². The SMILES string of the molecule is O=c1c(N2CCN(CC3C=CC=CC3CC3CCO3)CC2)cccn1CCc1ccc(Cl)cc1F. The van der Waals surface area contributed by atoms with E-state index < -0.39 is 0 Å². The maximum Gasteiger partial charge on any atom is 0.274 e. The van der Waals surface area contributed by atoms with Crippen LogP contribution in [0.5, 0.6) is 0 Å². The van der Waals surface area contributed by atoms with Crippen LogP contribution in [0.4, 0.5) is 10.1 Å². The Bertz CT molecular complexity index is 1140. The smallest absolute Gasteiger partial charge is 0.274 e. The standard InChI is InChI=1S/C28H33ClFN3O2/c29-24-8-7-21(26(30)19-24)9-12-33-11-3-6-27(28(33)34)32-15-13-31(14-16-32)20-23-5-2-1-4-22(23)18-25-10-17-35-25/h1-8,11,19,22-23,25H,9-10,12-18,20H2. The second-order valence-electron chi connectivity index (χ2n) is 9.78. The van der Waals surface area contributed by atoms with E-state index in [1.165, 1.54) is 12.5 Å². The minimum atomic E-state index is -0.330. The molecule has 1 aliphatic carbocycles. The van der Waals surface area contributed by atoms with Gasteiger partial charge in [0.15, 0.2) is 0 Å². The van der Waals surface area contributed by atoms with Crippen molar-refractivity contribution < 1.29 is 9.13 Å². The second kappa shape index (κ2) is 11.1. The molecule has 7 heteroatoms. The number of pyridine rings is 1. The van der Waals surface area contributed by atoms with Gasteiger partial charge in [-0.2, -0.15) is 0 Å². The van der Waals surface area contributed by atoms with Gasteiger partial charge in [0.05, 0.1) is 6.10 Å². The summed E-state index contributed by atoms with van der Waals surface area (Å²) in [5.41, 5.74) is 1.27. The second-order valence-corrected chi connectivity index (χ2v) is 10.2. The number of ether oxygens (including phenoxy) is 1. The number of benzene rings is 1. The van der Waals surface area contributed by atoms with E-state index in [9.17, 15) is 9.18 Å². The lowest BCUT2D eigenvalue weighted by Gasteiger charge is -2.39. The van der Waals surface area contributed by atoms with E-state index in [1.807, 2.05) is 12.1 Å². The van der Waals surface area contributed by atoms with E-state index >= 15 is 0 Å². The van der Waals surface area contributed by atoms with E-state index in [0.717, 1.165) is 51.4 Å². The van der Waals surface area contributed by atoms with Crippen molar-refractivity contribution in [1.82, 2.24) is 9.47 Å². The zero-order valence-electron chi connectivity index (χ0n) is 20.0. The maximum absolute atomic E-state index is 14.1. The van der Waals surface area contributed by atoms with Crippen molar-refractivity contribution in [3.8, 4) is 0 Å². The lowest BCUT2D eigenvalue weighted by Crippen LogP contribution is -2.50. The van der Waals surface area contributed by atoms with E-state index in [0.29, 0.717) is 41.5 Å². The molecule has 3 atom stereocenters. The highest BCUT2D eigenvalue weighted by molar-refractivity contribution is 6.30. The molecule has 5 nitrogen and oxygen atoms in total. The van der Waals surface area contributed by atoms with Gasteiger partial charge in [-0.15, -0.1) is 0 Å². The fraction of sp³-hybridized carbons (Fsp3) is 0.464. The molecule has 0 saturated carbocycles. The summed E-state index contributed by atoms with van der Waals surface area (Å²) >= 11 is 5.85. The first-order valence-corrected chi connectivity index (χ1v) is 13.0. The maximum atomic E-state index is 14.1. The topological polar surface area (TPSA) is 37.7 Å². The molecule has 5 rings (SSSR count). The molecule has 2 fully saturated rings. The molecule has 35 heavy (non-hydrogen) atoms. The van der Waals surface area contributed by atoms with Crippen LogP contribution in [0, 0.1) is 17.7 Å². The molecule has 0 bridgehead atoms. The molecule has 3 unspecified atom stereocenters. The van der Waals surface area contributed by atoms with Gasteiger partial charge in [0.1, 0.15) is 11.5 Å². The first-order chi connectivity index (χ1) is 17.1. The number of piperazine rings is 1. The van der Waals surface area contributed by atoms with E-state index in [4.69, 9.17) is 16.3 Å². The molecular weight excluding hydrogens is 465 g/mol. The summed E-state index contributed by atoms with van der Waals surface area (Å²) in [4.78, 5) is 17.9. The van der Waals surface area contributed by atoms with Gasteiger partial charge in [0.25, 0.3) is 5.56 Å². The van der Waals surface area contributed by atoms with Crippen molar-refractivity contribution >= 4 is 17.3 Å². The lowest BCUT2D eigenvalue weighted by atomic mass is 9.82. The molecule has 1 aromatic heterocycles. The van der Waals surface area contributed by atoms with Gasteiger partial charge in [-0.05, 0) is 60.9 Å². The van der Waals surface area contributed by atoms with Crippen molar-refractivity contribution in [1.29, 1.82) is 0 Å². The van der Waals surface area contributed by atoms with Crippen LogP contribution in [0.3, 0.4) is 0 Å². The van der Waals surface area contributed by atoms with Crippen molar-refractivity contribution in [3.63, 3.8) is 0 Å². The molecule has 2 saturated heterocycles. The van der Waals surface area contributed by atoms with Crippen molar-refractivity contribution in [2.24, 2.45) is 11.8 Å². The Morgan fingerprint density at radius 1 is 1.06 bits per heavy atom. The summed E-state index contributed by atoms with van der Waals surface area (Å²) < 4.78 is 21.5. The third-order valence-electron chi connectivity index (χ3n) is 7.53. The van der Waals surface area contributed by atoms with Crippen LogP contribution in [0.25, 0.3) is 0 Å². The molecule has 2 aliphatic heterocycles. The molecule has 0 amide bonds. The van der Waals surface area contributed by atoms with E-state index in [2.05, 4.69) is 34.1 Å². The predicted octanol–water partition coefficient (Wildman–Crippen LogP) is 4.54. The van der Waals surface area contributed by atoms with Gasteiger partial charge in [-0.3, -0.25) is 9.69 Å². The summed E-state index contributed by atoms with van der Waals surface area (Å²) in [7, 11) is 0. The average Bonchev–Trinajstić information content (AvgIpc) is 2.83. The molecule has 0 spiro atoms. The summed E-state index contributed by atoms with van der Waals surface area (Å²) in [5.74, 6) is 0.719. The minimum absolute atomic E-state index is 0.0174. The molecular formula is C28H33ClFN3O2. The summed E-state index contributed by atoms with van der Waals surface area (Å²) in [6, 6.07) is 8.50. The fourth-order valence-corrected chi connectivity index (χ4v) is 5.46. The highest BCUT2D eigenvalue weighted by atomic mass is 35.5. The molecule has 3 heterocycles. The molecule has 0 radical (unpaired) electrons. The van der Waals surface area contributed by atoms with Gasteiger partial charge in [0.2, 0.25) is 0 Å². The first kappa shape index (κ1) is 24.3. The molecule has 3 aliphatic rings. The Balaban J connectivity index is 1.16. The average molecular weight is 498 g/mol. The van der Waals surface area contributed by atoms with Gasteiger partial charge in [-0.25, -0.2) is 4.39 Å². The quantitative estimate of drug-likeness (QED) is 0.536. The Labute approximate surface area is 211 Å². The van der Waals surface area contributed by atoms with Gasteiger partial charge in [0, 0.05) is 57.1 Å². The number of nitrogens with zero attached hydrogens (tertiary/aromatic N) is 3. The zero-order valence-corrected chi connectivity index (χ0v) is 20.7. The molecule has 186 valence electrons. The van der Waals surface area contributed by atoms with Gasteiger partial charge in [-0.1, -0.05) is 42.0 Å². The number of allylic oxidation sites excluding steroid dienone is 3. The van der Waals surface area contributed by atoms with E-state index in [-0.39, 0.29) is 11.4 Å². The van der Waals surface area contributed by atoms with E-state index in [1.54, 1.807) is 22.9 Å². The molecule has 2 aromatic rings. The molecule has 0 N–H and O–H groups in total. The Kier molecular flexibility index (Phi) is 7.71. The highest BCUT2D eigenvalue weighted by Gasteiger charge is 2.29. The summed E-state index contributed by atoms with van der Waals surface area (Å²) in [5, 5.41) is 0.378. The van der Waals surface area contributed by atoms with Crippen LogP contribution in [-0.4, -0.2) is 54.9 Å². The number of aryl methyl sites for hydroxylation is 2. The number of hydrogen-bond donors (Lipinski definition) is 0. The Morgan fingerprint density at radius 2 is 1.83 bits per heavy atom. The van der Waals surface area contributed by atoms with Crippen molar-refractivity contribution in [2.45, 2.75) is 31.9 Å². The number of hydrogen-bond acceptors (Lipinski definition) is 4. The zero-order chi connectivity index (χ0) is 24.2. The van der Waals surface area contributed by atoms with Crippen LogP contribution in [0.15, 0.2) is 65.6 Å².